The molecule has 3 rings (SSSR count). The molecule has 3 amide bonds. The number of halogens is 1. The lowest BCUT2D eigenvalue weighted by atomic mass is 10.1. The molecule has 0 aliphatic carbocycles. The van der Waals surface area contributed by atoms with E-state index in [0.29, 0.717) is 6.54 Å². The molecule has 2 N–H and O–H groups in total. The first-order valence-electron chi connectivity index (χ1n) is 10.2. The van der Waals surface area contributed by atoms with Gasteiger partial charge in [0, 0.05) is 25.2 Å². The molecule has 2 fully saturated rings. The number of carbonyl (C=O) groups is 3. The number of nitrogens with zero attached hydrogens (tertiary/aromatic N) is 2. The van der Waals surface area contributed by atoms with E-state index in [0.717, 1.165) is 24.8 Å². The molecule has 0 spiro atoms. The number of hydrogen-bond donors (Lipinski definition) is 2. The minimum Gasteiger partial charge on any atom is -0.342 e. The smallest absolute Gasteiger partial charge is 0.247 e. The molecule has 2 aliphatic rings. The molecule has 2 aliphatic heterocycles. The summed E-state index contributed by atoms with van der Waals surface area (Å²) in [7, 11) is 1.66. The molecule has 0 unspecified atom stereocenters. The van der Waals surface area contributed by atoms with Crippen molar-refractivity contribution in [1.82, 2.24) is 20.4 Å². The predicted octanol–water partition coefficient (Wildman–Crippen LogP) is 0.684. The van der Waals surface area contributed by atoms with E-state index in [1.807, 2.05) is 11.8 Å². The third-order valence-corrected chi connectivity index (χ3v) is 5.77. The van der Waals surface area contributed by atoms with Gasteiger partial charge < -0.3 is 20.4 Å². The summed E-state index contributed by atoms with van der Waals surface area (Å²) in [5.74, 6) is -0.873. The Hall–Kier alpha value is -2.48. The van der Waals surface area contributed by atoms with Gasteiger partial charge in [0.25, 0.3) is 0 Å². The summed E-state index contributed by atoms with van der Waals surface area (Å²) in [6.07, 6.45) is 2.69. The fraction of sp³-hybridized carbons (Fsp3) is 0.571. The van der Waals surface area contributed by atoms with Crippen LogP contribution in [0.15, 0.2) is 24.3 Å². The highest BCUT2D eigenvalue weighted by molar-refractivity contribution is 5.90. The number of likely N-dealkylation sites (N-methyl/N-ethyl adjacent to an activating group) is 1. The van der Waals surface area contributed by atoms with Crippen LogP contribution in [0.2, 0.25) is 0 Å². The van der Waals surface area contributed by atoms with Crippen LogP contribution in [0.3, 0.4) is 0 Å². The van der Waals surface area contributed by atoms with Gasteiger partial charge in [-0.05, 0) is 50.9 Å². The van der Waals surface area contributed by atoms with E-state index in [2.05, 4.69) is 10.6 Å². The molecule has 29 heavy (non-hydrogen) atoms. The number of nitrogens with one attached hydrogen (secondary N) is 2. The maximum atomic E-state index is 13.2. The lowest BCUT2D eigenvalue weighted by Crippen LogP contribution is -2.60. The number of benzene rings is 1. The van der Waals surface area contributed by atoms with Crippen molar-refractivity contribution in [3.63, 3.8) is 0 Å². The van der Waals surface area contributed by atoms with Gasteiger partial charge in [0.05, 0.1) is 13.0 Å². The van der Waals surface area contributed by atoms with Gasteiger partial charge in [-0.25, -0.2) is 4.39 Å². The molecule has 0 saturated carbocycles. The van der Waals surface area contributed by atoms with E-state index in [-0.39, 0.29) is 55.1 Å². The zero-order valence-corrected chi connectivity index (χ0v) is 17.0. The monoisotopic (exact) mass is 404 g/mol. The van der Waals surface area contributed by atoms with Gasteiger partial charge >= 0.3 is 0 Å². The molecular formula is C21H29FN4O3. The molecule has 7 nitrogen and oxygen atoms in total. The van der Waals surface area contributed by atoms with Crippen LogP contribution < -0.4 is 10.6 Å². The summed E-state index contributed by atoms with van der Waals surface area (Å²) < 4.78 is 13.1. The average Bonchev–Trinajstić information content (AvgIpc) is 3.04. The minimum absolute atomic E-state index is 0.0858. The zero-order chi connectivity index (χ0) is 21.0. The lowest BCUT2D eigenvalue weighted by Gasteiger charge is -2.38. The number of hydrogen-bond acceptors (Lipinski definition) is 4. The van der Waals surface area contributed by atoms with E-state index in [9.17, 15) is 18.8 Å². The fourth-order valence-electron chi connectivity index (χ4n) is 4.26. The predicted molar refractivity (Wildman–Crippen MR) is 106 cm³/mol. The first kappa shape index (κ1) is 21.2. The van der Waals surface area contributed by atoms with Crippen LogP contribution in [-0.4, -0.2) is 72.3 Å². The molecule has 8 heteroatoms. The van der Waals surface area contributed by atoms with Gasteiger partial charge in [-0.15, -0.1) is 0 Å². The fourth-order valence-corrected chi connectivity index (χ4v) is 4.26. The van der Waals surface area contributed by atoms with Crippen molar-refractivity contribution < 1.29 is 18.8 Å². The second-order valence-corrected chi connectivity index (χ2v) is 7.91. The molecule has 1 aromatic carbocycles. The van der Waals surface area contributed by atoms with E-state index < -0.39 is 6.04 Å². The van der Waals surface area contributed by atoms with Crippen LogP contribution in [0.25, 0.3) is 0 Å². The highest BCUT2D eigenvalue weighted by atomic mass is 19.1. The summed E-state index contributed by atoms with van der Waals surface area (Å²) in [5.41, 5.74) is 0.719. The van der Waals surface area contributed by atoms with Crippen molar-refractivity contribution in [1.29, 1.82) is 0 Å². The van der Waals surface area contributed by atoms with Crippen molar-refractivity contribution in [2.75, 3.05) is 26.7 Å². The van der Waals surface area contributed by atoms with Crippen molar-refractivity contribution in [3.05, 3.63) is 35.6 Å². The summed E-state index contributed by atoms with van der Waals surface area (Å²) in [6, 6.07) is 5.30. The summed E-state index contributed by atoms with van der Waals surface area (Å²) >= 11 is 0. The van der Waals surface area contributed by atoms with Crippen molar-refractivity contribution in [3.8, 4) is 0 Å². The molecule has 158 valence electrons. The highest BCUT2D eigenvalue weighted by Gasteiger charge is 2.41. The van der Waals surface area contributed by atoms with E-state index in [1.54, 1.807) is 24.1 Å². The normalized spacial score (nSPS) is 24.7. The third-order valence-electron chi connectivity index (χ3n) is 5.77. The van der Waals surface area contributed by atoms with Crippen LogP contribution in [0.5, 0.6) is 0 Å². The van der Waals surface area contributed by atoms with Crippen molar-refractivity contribution in [2.45, 2.75) is 50.7 Å². The zero-order valence-electron chi connectivity index (χ0n) is 17.0. The number of carbonyl (C=O) groups excluding carboxylic acids is 3. The molecule has 3 atom stereocenters. The van der Waals surface area contributed by atoms with Crippen molar-refractivity contribution >= 4 is 17.7 Å². The lowest BCUT2D eigenvalue weighted by molar-refractivity contribution is -0.143. The molecule has 2 heterocycles. The Morgan fingerprint density at radius 3 is 2.59 bits per heavy atom. The van der Waals surface area contributed by atoms with Gasteiger partial charge in [-0.3, -0.25) is 14.4 Å². The SMILES string of the molecule is CNCC(=O)N[C@H]1CN(C(=O)Cc2ccc(F)cc2)CC[C@H]2CC[C@@H](C)N2C1=O. The Labute approximate surface area is 170 Å². The van der Waals surface area contributed by atoms with Crippen molar-refractivity contribution in [2.24, 2.45) is 0 Å². The van der Waals surface area contributed by atoms with E-state index >= 15 is 0 Å². The number of fused-ring (bicyclic) bond motifs is 1. The van der Waals surface area contributed by atoms with Crippen LogP contribution in [-0.2, 0) is 20.8 Å². The van der Waals surface area contributed by atoms with Crippen LogP contribution >= 0.6 is 0 Å². The molecular weight excluding hydrogens is 375 g/mol. The van der Waals surface area contributed by atoms with Gasteiger partial charge in [0.1, 0.15) is 11.9 Å². The Balaban J connectivity index is 1.77. The Morgan fingerprint density at radius 2 is 1.90 bits per heavy atom. The molecule has 0 bridgehead atoms. The van der Waals surface area contributed by atoms with Crippen LogP contribution in [0.1, 0.15) is 31.7 Å². The summed E-state index contributed by atoms with van der Waals surface area (Å²) in [5, 5.41) is 5.57. The largest absolute Gasteiger partial charge is 0.342 e. The van der Waals surface area contributed by atoms with Gasteiger partial charge in [-0.1, -0.05) is 12.1 Å². The summed E-state index contributed by atoms with van der Waals surface area (Å²) in [6.45, 7) is 2.81. The van der Waals surface area contributed by atoms with Gasteiger partial charge in [0.15, 0.2) is 0 Å². The highest BCUT2D eigenvalue weighted by Crippen LogP contribution is 2.28. The Kier molecular flexibility index (Phi) is 6.84. The van der Waals surface area contributed by atoms with E-state index in [1.165, 1.54) is 12.1 Å². The Morgan fingerprint density at radius 1 is 1.17 bits per heavy atom. The van der Waals surface area contributed by atoms with Crippen LogP contribution in [0.4, 0.5) is 4.39 Å². The molecule has 2 saturated heterocycles. The first-order chi connectivity index (χ1) is 13.9. The maximum absolute atomic E-state index is 13.2. The summed E-state index contributed by atoms with van der Waals surface area (Å²) in [4.78, 5) is 41.8. The molecule has 0 aromatic heterocycles. The minimum atomic E-state index is -0.767. The number of amides is 3. The topological polar surface area (TPSA) is 81.8 Å². The maximum Gasteiger partial charge on any atom is 0.247 e. The third kappa shape index (κ3) is 5.12. The standard InChI is InChI=1S/C21H29FN4O3/c1-14-3-8-17-9-10-25(20(28)11-15-4-6-16(22)7-5-15)13-18(21(29)26(14)17)24-19(27)12-23-2/h4-7,14,17-18,23H,3,8-13H2,1-2H3,(H,24,27)/t14-,17-,18+/m1/s1. The quantitative estimate of drug-likeness (QED) is 0.757. The Bertz CT molecular complexity index is 755. The van der Waals surface area contributed by atoms with Gasteiger partial charge in [0.2, 0.25) is 17.7 Å². The second-order valence-electron chi connectivity index (χ2n) is 7.91. The second kappa shape index (κ2) is 9.35. The average molecular weight is 404 g/mol. The molecule has 1 aromatic rings. The number of rotatable bonds is 5. The molecule has 0 radical (unpaired) electrons. The first-order valence-corrected chi connectivity index (χ1v) is 10.2. The van der Waals surface area contributed by atoms with E-state index in [4.69, 9.17) is 0 Å². The van der Waals surface area contributed by atoms with Gasteiger partial charge in [-0.2, -0.15) is 0 Å². The van der Waals surface area contributed by atoms with Crippen LogP contribution in [0, 0.1) is 5.82 Å².